The van der Waals surface area contributed by atoms with Crippen LogP contribution in [0.25, 0.3) is 0 Å². The smallest absolute Gasteiger partial charge is 0.319 e. The molecule has 0 aromatic carbocycles. The third-order valence-electron chi connectivity index (χ3n) is 4.36. The molecule has 22 heavy (non-hydrogen) atoms. The lowest BCUT2D eigenvalue weighted by Crippen LogP contribution is -2.48. The van der Waals surface area contributed by atoms with E-state index in [1.54, 1.807) is 0 Å². The van der Waals surface area contributed by atoms with E-state index in [2.05, 4.69) is 17.6 Å². The van der Waals surface area contributed by atoms with Crippen LogP contribution in [0.5, 0.6) is 0 Å². The number of nitrogens with zero attached hydrogens (tertiary/aromatic N) is 2. The van der Waals surface area contributed by atoms with E-state index < -0.39 is 0 Å². The number of urea groups is 1. The van der Waals surface area contributed by atoms with Gasteiger partial charge in [-0.2, -0.15) is 0 Å². The Morgan fingerprint density at radius 2 is 1.59 bits per heavy atom. The number of likely N-dealkylation sites (tertiary alicyclic amines) is 2. The Hall–Kier alpha value is -1.01. The first-order valence-electron chi connectivity index (χ1n) is 8.24. The van der Waals surface area contributed by atoms with E-state index in [1.807, 2.05) is 9.80 Å². The molecule has 0 unspecified atom stereocenters. The monoisotopic (exact) mass is 332 g/mol. The first-order valence-corrected chi connectivity index (χ1v) is 8.24. The van der Waals surface area contributed by atoms with Crippen LogP contribution in [-0.4, -0.2) is 67.6 Å². The summed E-state index contributed by atoms with van der Waals surface area (Å²) in [5.74, 6) is 0.204. The van der Waals surface area contributed by atoms with Gasteiger partial charge in [0, 0.05) is 45.2 Å². The van der Waals surface area contributed by atoms with Gasteiger partial charge in [-0.15, -0.1) is 12.4 Å². The van der Waals surface area contributed by atoms with Crippen molar-refractivity contribution in [2.45, 2.75) is 32.6 Å². The number of piperidine rings is 1. The molecule has 0 aromatic heterocycles. The summed E-state index contributed by atoms with van der Waals surface area (Å²) in [5.41, 5.74) is 0. The van der Waals surface area contributed by atoms with Crippen molar-refractivity contribution in [2.24, 2.45) is 5.92 Å². The standard InChI is InChI=1S/C15H28N4O2.ClH/c1-2-16-7-8-17-14(20)13-5-11-19(12-6-13)15(21)18-9-3-4-10-18;/h13,16H,2-12H2,1H3,(H,17,20);1H. The molecule has 0 aromatic rings. The zero-order chi connectivity index (χ0) is 15.1. The van der Waals surface area contributed by atoms with Gasteiger partial charge >= 0.3 is 6.03 Å². The van der Waals surface area contributed by atoms with Crippen molar-refractivity contribution in [1.82, 2.24) is 20.4 Å². The minimum atomic E-state index is 0. The summed E-state index contributed by atoms with van der Waals surface area (Å²) in [6.45, 7) is 7.67. The van der Waals surface area contributed by atoms with Gasteiger partial charge in [0.25, 0.3) is 0 Å². The Kier molecular flexibility index (Phi) is 8.56. The number of likely N-dealkylation sites (N-methyl/N-ethyl adjacent to an activating group) is 1. The summed E-state index contributed by atoms with van der Waals surface area (Å²) in [6, 6.07) is 0.165. The number of nitrogens with one attached hydrogen (secondary N) is 2. The minimum absolute atomic E-state index is 0. The Morgan fingerprint density at radius 3 is 2.18 bits per heavy atom. The Balaban J connectivity index is 0.00000242. The van der Waals surface area contributed by atoms with E-state index in [4.69, 9.17) is 0 Å². The molecule has 2 saturated heterocycles. The predicted octanol–water partition coefficient (Wildman–Crippen LogP) is 1.06. The number of carbonyl (C=O) groups is 2. The quantitative estimate of drug-likeness (QED) is 0.740. The lowest BCUT2D eigenvalue weighted by molar-refractivity contribution is -0.126. The van der Waals surface area contributed by atoms with Crippen molar-refractivity contribution in [1.29, 1.82) is 0 Å². The molecule has 2 aliphatic heterocycles. The maximum Gasteiger partial charge on any atom is 0.319 e. The molecule has 128 valence electrons. The van der Waals surface area contributed by atoms with Crippen LogP contribution >= 0.6 is 12.4 Å². The second kappa shape index (κ2) is 9.90. The SMILES string of the molecule is CCNCCNC(=O)C1CCN(C(=O)N2CCCC2)CC1.Cl. The highest BCUT2D eigenvalue weighted by atomic mass is 35.5. The van der Waals surface area contributed by atoms with Crippen LogP contribution in [0.3, 0.4) is 0 Å². The zero-order valence-electron chi connectivity index (χ0n) is 13.5. The van der Waals surface area contributed by atoms with Gasteiger partial charge in [0.05, 0.1) is 0 Å². The van der Waals surface area contributed by atoms with Gasteiger partial charge in [-0.1, -0.05) is 6.92 Å². The van der Waals surface area contributed by atoms with E-state index in [0.29, 0.717) is 19.6 Å². The van der Waals surface area contributed by atoms with Gasteiger partial charge in [0.2, 0.25) is 5.91 Å². The normalized spacial score (nSPS) is 19.0. The van der Waals surface area contributed by atoms with Crippen molar-refractivity contribution in [3.05, 3.63) is 0 Å². The van der Waals surface area contributed by atoms with Crippen molar-refractivity contribution in [3.63, 3.8) is 0 Å². The molecular formula is C15H29ClN4O2. The van der Waals surface area contributed by atoms with Crippen LogP contribution in [0.15, 0.2) is 0 Å². The molecule has 2 rings (SSSR count). The van der Waals surface area contributed by atoms with E-state index in [0.717, 1.165) is 51.9 Å². The van der Waals surface area contributed by atoms with Crippen molar-refractivity contribution < 1.29 is 9.59 Å². The zero-order valence-corrected chi connectivity index (χ0v) is 14.3. The van der Waals surface area contributed by atoms with Gasteiger partial charge < -0.3 is 20.4 Å². The number of carbonyl (C=O) groups excluding carboxylic acids is 2. The molecule has 2 heterocycles. The molecule has 2 fully saturated rings. The summed E-state index contributed by atoms with van der Waals surface area (Å²) in [4.78, 5) is 28.2. The first-order chi connectivity index (χ1) is 10.2. The average molecular weight is 333 g/mol. The van der Waals surface area contributed by atoms with Gasteiger partial charge in [0.1, 0.15) is 0 Å². The van der Waals surface area contributed by atoms with Crippen molar-refractivity contribution in [3.8, 4) is 0 Å². The summed E-state index contributed by atoms with van der Waals surface area (Å²) in [7, 11) is 0. The Morgan fingerprint density at radius 1 is 1.00 bits per heavy atom. The van der Waals surface area contributed by atoms with Gasteiger partial charge in [0.15, 0.2) is 0 Å². The molecule has 3 amide bonds. The van der Waals surface area contributed by atoms with Crippen LogP contribution in [0, 0.1) is 5.92 Å². The topological polar surface area (TPSA) is 64.7 Å². The molecule has 6 nitrogen and oxygen atoms in total. The van der Waals surface area contributed by atoms with E-state index in [1.165, 1.54) is 0 Å². The summed E-state index contributed by atoms with van der Waals surface area (Å²) >= 11 is 0. The molecule has 0 spiro atoms. The molecule has 0 atom stereocenters. The molecule has 2 aliphatic rings. The minimum Gasteiger partial charge on any atom is -0.355 e. The van der Waals surface area contributed by atoms with Gasteiger partial charge in [-0.25, -0.2) is 4.79 Å². The average Bonchev–Trinajstić information content (AvgIpc) is 3.05. The molecule has 2 N–H and O–H groups in total. The fourth-order valence-corrected chi connectivity index (χ4v) is 3.04. The number of hydrogen-bond acceptors (Lipinski definition) is 3. The fraction of sp³-hybridized carbons (Fsp3) is 0.867. The maximum absolute atomic E-state index is 12.3. The van der Waals surface area contributed by atoms with Crippen LogP contribution in [0.1, 0.15) is 32.6 Å². The highest BCUT2D eigenvalue weighted by molar-refractivity contribution is 5.85. The second-order valence-electron chi connectivity index (χ2n) is 5.88. The molecule has 0 bridgehead atoms. The lowest BCUT2D eigenvalue weighted by atomic mass is 9.96. The molecule has 0 aliphatic carbocycles. The van der Waals surface area contributed by atoms with Gasteiger partial charge in [-0.3, -0.25) is 4.79 Å². The van der Waals surface area contributed by atoms with Crippen molar-refractivity contribution >= 4 is 24.3 Å². The lowest BCUT2D eigenvalue weighted by Gasteiger charge is -2.34. The van der Waals surface area contributed by atoms with Crippen molar-refractivity contribution in [2.75, 3.05) is 45.8 Å². The third kappa shape index (κ3) is 5.32. The van der Waals surface area contributed by atoms with E-state index >= 15 is 0 Å². The summed E-state index contributed by atoms with van der Waals surface area (Å²) in [6.07, 6.45) is 3.81. The maximum atomic E-state index is 12.3. The van der Waals surface area contributed by atoms with Crippen LogP contribution < -0.4 is 10.6 Å². The van der Waals surface area contributed by atoms with E-state index in [9.17, 15) is 9.59 Å². The Bertz CT molecular complexity index is 353. The second-order valence-corrected chi connectivity index (χ2v) is 5.88. The Labute approximate surface area is 139 Å². The summed E-state index contributed by atoms with van der Waals surface area (Å²) < 4.78 is 0. The predicted molar refractivity (Wildman–Crippen MR) is 89.3 cm³/mol. The number of amides is 3. The number of hydrogen-bond donors (Lipinski definition) is 2. The van der Waals surface area contributed by atoms with Crippen LogP contribution in [0.4, 0.5) is 4.79 Å². The fourth-order valence-electron chi connectivity index (χ4n) is 3.04. The molecule has 0 saturated carbocycles. The highest BCUT2D eigenvalue weighted by Crippen LogP contribution is 2.20. The molecular weight excluding hydrogens is 304 g/mol. The third-order valence-corrected chi connectivity index (χ3v) is 4.36. The number of halogens is 1. The summed E-state index contributed by atoms with van der Waals surface area (Å²) in [5, 5.41) is 6.16. The van der Waals surface area contributed by atoms with Crippen LogP contribution in [0.2, 0.25) is 0 Å². The van der Waals surface area contributed by atoms with Gasteiger partial charge in [-0.05, 0) is 32.2 Å². The molecule has 7 heteroatoms. The first kappa shape index (κ1) is 19.0. The largest absolute Gasteiger partial charge is 0.355 e. The van der Waals surface area contributed by atoms with Crippen LogP contribution in [-0.2, 0) is 4.79 Å². The highest BCUT2D eigenvalue weighted by Gasteiger charge is 2.30. The molecule has 0 radical (unpaired) electrons. The van der Waals surface area contributed by atoms with E-state index in [-0.39, 0.29) is 30.3 Å². The number of rotatable bonds is 5.